The van der Waals surface area contributed by atoms with Crippen LogP contribution in [-0.2, 0) is 0 Å². The lowest BCUT2D eigenvalue weighted by Crippen LogP contribution is -2.33. The van der Waals surface area contributed by atoms with Gasteiger partial charge in [-0.2, -0.15) is 0 Å². The van der Waals surface area contributed by atoms with Crippen LogP contribution in [0.15, 0.2) is 18.2 Å². The van der Waals surface area contributed by atoms with Crippen LogP contribution in [0.4, 0.5) is 5.69 Å². The van der Waals surface area contributed by atoms with Crippen LogP contribution in [0.25, 0.3) is 0 Å². The molecule has 0 amide bonds. The summed E-state index contributed by atoms with van der Waals surface area (Å²) in [4.78, 5) is 13.2. The van der Waals surface area contributed by atoms with Gasteiger partial charge in [0.1, 0.15) is 0 Å². The van der Waals surface area contributed by atoms with Crippen molar-refractivity contribution in [1.82, 2.24) is 0 Å². The van der Waals surface area contributed by atoms with E-state index in [1.54, 1.807) is 12.1 Å². The molecule has 1 atom stereocenters. The van der Waals surface area contributed by atoms with E-state index in [2.05, 4.69) is 25.7 Å². The van der Waals surface area contributed by atoms with Crippen molar-refractivity contribution in [2.75, 3.05) is 11.4 Å². The van der Waals surface area contributed by atoms with Gasteiger partial charge in [-0.05, 0) is 32.4 Å². The van der Waals surface area contributed by atoms with Crippen molar-refractivity contribution in [3.8, 4) is 0 Å². The van der Waals surface area contributed by atoms with Gasteiger partial charge in [0.2, 0.25) is 0 Å². The molecule has 1 rings (SSSR count). The Labute approximate surface area is 102 Å². The summed E-state index contributed by atoms with van der Waals surface area (Å²) >= 11 is 6.18. The maximum absolute atomic E-state index is 11.0. The van der Waals surface area contributed by atoms with E-state index in [0.29, 0.717) is 16.6 Å². The van der Waals surface area contributed by atoms with Crippen molar-refractivity contribution in [2.45, 2.75) is 33.2 Å². The summed E-state index contributed by atoms with van der Waals surface area (Å²) in [6.07, 6.45) is 1.89. The fraction of sp³-hybridized carbons (Fsp3) is 0.462. The van der Waals surface area contributed by atoms with Crippen molar-refractivity contribution in [2.24, 2.45) is 0 Å². The van der Waals surface area contributed by atoms with Gasteiger partial charge in [-0.25, -0.2) is 0 Å². The molecular formula is C13H18ClNO. The first-order chi connectivity index (χ1) is 7.65. The lowest BCUT2D eigenvalue weighted by Gasteiger charge is -2.31. The van der Waals surface area contributed by atoms with Crippen LogP contribution in [-0.4, -0.2) is 18.9 Å². The number of nitrogens with zero attached hydrogens (tertiary/aromatic N) is 1. The van der Waals surface area contributed by atoms with Crippen molar-refractivity contribution < 1.29 is 4.79 Å². The fourth-order valence-electron chi connectivity index (χ4n) is 1.84. The molecule has 0 aliphatic rings. The van der Waals surface area contributed by atoms with Crippen LogP contribution < -0.4 is 4.90 Å². The minimum absolute atomic E-state index is 0.378. The van der Waals surface area contributed by atoms with E-state index in [4.69, 9.17) is 11.6 Å². The van der Waals surface area contributed by atoms with Gasteiger partial charge in [0, 0.05) is 18.2 Å². The third kappa shape index (κ3) is 2.56. The number of hydrogen-bond donors (Lipinski definition) is 0. The average Bonchev–Trinajstić information content (AvgIpc) is 2.31. The van der Waals surface area contributed by atoms with E-state index in [1.807, 2.05) is 6.07 Å². The molecule has 88 valence electrons. The number of benzene rings is 1. The highest BCUT2D eigenvalue weighted by Crippen LogP contribution is 2.30. The molecular weight excluding hydrogens is 222 g/mol. The smallest absolute Gasteiger partial charge is 0.152 e. The largest absolute Gasteiger partial charge is 0.367 e. The maximum Gasteiger partial charge on any atom is 0.152 e. The number of anilines is 1. The van der Waals surface area contributed by atoms with Crippen molar-refractivity contribution in [3.63, 3.8) is 0 Å². The highest BCUT2D eigenvalue weighted by molar-refractivity contribution is 6.33. The number of carbonyl (C=O) groups excluding carboxylic acids is 1. The van der Waals surface area contributed by atoms with E-state index >= 15 is 0 Å². The van der Waals surface area contributed by atoms with Gasteiger partial charge in [0.15, 0.2) is 6.29 Å². The van der Waals surface area contributed by atoms with Crippen molar-refractivity contribution >= 4 is 23.6 Å². The van der Waals surface area contributed by atoms with Gasteiger partial charge in [-0.15, -0.1) is 0 Å². The molecule has 1 aromatic carbocycles. The van der Waals surface area contributed by atoms with E-state index in [0.717, 1.165) is 24.9 Å². The van der Waals surface area contributed by atoms with Crippen LogP contribution in [0.5, 0.6) is 0 Å². The fourth-order valence-corrected chi connectivity index (χ4v) is 2.13. The zero-order chi connectivity index (χ0) is 12.1. The molecule has 0 fully saturated rings. The first-order valence-electron chi connectivity index (χ1n) is 5.66. The third-order valence-electron chi connectivity index (χ3n) is 2.90. The standard InChI is InChI=1S/C13H18ClNO/c1-4-10(3)15(5-2)13-11(9-16)7-6-8-12(13)14/h6-10H,4-5H2,1-3H3. The molecule has 0 N–H and O–H groups in total. The van der Waals surface area contributed by atoms with Gasteiger partial charge in [0.05, 0.1) is 10.7 Å². The minimum Gasteiger partial charge on any atom is -0.367 e. The molecule has 0 saturated heterocycles. The van der Waals surface area contributed by atoms with Crippen molar-refractivity contribution in [3.05, 3.63) is 28.8 Å². The summed E-state index contributed by atoms with van der Waals surface area (Å²) in [6, 6.07) is 5.82. The summed E-state index contributed by atoms with van der Waals surface area (Å²) in [6.45, 7) is 7.19. The van der Waals surface area contributed by atoms with Gasteiger partial charge in [-0.1, -0.05) is 24.6 Å². The Morgan fingerprint density at radius 2 is 2.12 bits per heavy atom. The number of aldehydes is 1. The summed E-state index contributed by atoms with van der Waals surface area (Å²) < 4.78 is 0. The Hall–Kier alpha value is -1.02. The van der Waals surface area contributed by atoms with Gasteiger partial charge >= 0.3 is 0 Å². The molecule has 0 saturated carbocycles. The van der Waals surface area contributed by atoms with Crippen LogP contribution >= 0.6 is 11.6 Å². The topological polar surface area (TPSA) is 20.3 Å². The summed E-state index contributed by atoms with van der Waals surface area (Å²) in [5.74, 6) is 0. The molecule has 0 heterocycles. The first-order valence-corrected chi connectivity index (χ1v) is 6.03. The van der Waals surface area contributed by atoms with Gasteiger partial charge in [0.25, 0.3) is 0 Å². The van der Waals surface area contributed by atoms with E-state index < -0.39 is 0 Å². The second-order valence-corrected chi connectivity index (χ2v) is 4.25. The molecule has 0 aliphatic carbocycles. The molecule has 2 nitrogen and oxygen atoms in total. The monoisotopic (exact) mass is 239 g/mol. The van der Waals surface area contributed by atoms with Crippen molar-refractivity contribution in [1.29, 1.82) is 0 Å². The van der Waals surface area contributed by atoms with Crippen LogP contribution in [0.2, 0.25) is 5.02 Å². The van der Waals surface area contributed by atoms with Crippen LogP contribution in [0, 0.1) is 0 Å². The molecule has 16 heavy (non-hydrogen) atoms. The Bertz CT molecular complexity index is 365. The number of halogens is 1. The number of rotatable bonds is 5. The highest BCUT2D eigenvalue weighted by Gasteiger charge is 2.17. The lowest BCUT2D eigenvalue weighted by molar-refractivity contribution is 0.112. The van der Waals surface area contributed by atoms with Gasteiger partial charge < -0.3 is 4.90 Å². The second kappa shape index (κ2) is 5.90. The average molecular weight is 240 g/mol. The minimum atomic E-state index is 0.378. The van der Waals surface area contributed by atoms with Gasteiger partial charge in [-0.3, -0.25) is 4.79 Å². The predicted octanol–water partition coefficient (Wildman–Crippen LogP) is 3.78. The highest BCUT2D eigenvalue weighted by atomic mass is 35.5. The third-order valence-corrected chi connectivity index (χ3v) is 3.20. The molecule has 0 aromatic heterocycles. The molecule has 1 aromatic rings. The summed E-state index contributed by atoms with van der Waals surface area (Å²) in [5, 5.41) is 0.645. The summed E-state index contributed by atoms with van der Waals surface area (Å²) in [7, 11) is 0. The zero-order valence-corrected chi connectivity index (χ0v) is 10.8. The van der Waals surface area contributed by atoms with E-state index in [-0.39, 0.29) is 0 Å². The molecule has 0 aliphatic heterocycles. The van der Waals surface area contributed by atoms with E-state index in [1.165, 1.54) is 0 Å². The molecule has 0 radical (unpaired) electrons. The normalized spacial score (nSPS) is 12.2. The Kier molecular flexibility index (Phi) is 4.81. The van der Waals surface area contributed by atoms with Crippen LogP contribution in [0.3, 0.4) is 0 Å². The Balaban J connectivity index is 3.22. The molecule has 0 spiro atoms. The first kappa shape index (κ1) is 13.0. The molecule has 3 heteroatoms. The SMILES string of the molecule is CCC(C)N(CC)c1c(Cl)cccc1C=O. The van der Waals surface area contributed by atoms with E-state index in [9.17, 15) is 4.79 Å². The number of carbonyl (C=O) groups is 1. The molecule has 1 unspecified atom stereocenters. The number of hydrogen-bond acceptors (Lipinski definition) is 2. The Morgan fingerprint density at radius 3 is 2.62 bits per heavy atom. The number of para-hydroxylation sites is 1. The second-order valence-electron chi connectivity index (χ2n) is 3.84. The zero-order valence-electron chi connectivity index (χ0n) is 10.0. The molecule has 0 bridgehead atoms. The lowest BCUT2D eigenvalue weighted by atomic mass is 10.1. The van der Waals surface area contributed by atoms with Crippen LogP contribution in [0.1, 0.15) is 37.6 Å². The Morgan fingerprint density at radius 1 is 1.44 bits per heavy atom. The maximum atomic E-state index is 11.0. The predicted molar refractivity (Wildman–Crippen MR) is 69.6 cm³/mol. The summed E-state index contributed by atoms with van der Waals surface area (Å²) in [5.41, 5.74) is 1.52. The quantitative estimate of drug-likeness (QED) is 0.729.